The Morgan fingerprint density at radius 2 is 1.94 bits per heavy atom. The molecule has 1 heterocycles. The summed E-state index contributed by atoms with van der Waals surface area (Å²) in [5, 5.41) is 11.2. The Morgan fingerprint density at radius 1 is 1.17 bits per heavy atom. The maximum absolute atomic E-state index is 9.08. The van der Waals surface area contributed by atoms with Gasteiger partial charge in [0.25, 0.3) is 0 Å². The van der Waals surface area contributed by atoms with Crippen LogP contribution in [0.3, 0.4) is 0 Å². The molecule has 1 N–H and O–H groups in total. The SMILES string of the molecule is OCc1ccc(N(Cc2cccs2)C2CC2)cc1. The van der Waals surface area contributed by atoms with Gasteiger partial charge in [-0.15, -0.1) is 11.3 Å². The zero-order valence-corrected chi connectivity index (χ0v) is 11.1. The first kappa shape index (κ1) is 11.8. The van der Waals surface area contributed by atoms with E-state index in [1.54, 1.807) is 0 Å². The van der Waals surface area contributed by atoms with Crippen LogP contribution in [0.5, 0.6) is 0 Å². The van der Waals surface area contributed by atoms with Crippen LogP contribution in [0.25, 0.3) is 0 Å². The van der Waals surface area contributed by atoms with Gasteiger partial charge in [0.1, 0.15) is 0 Å². The minimum atomic E-state index is 0.120. The van der Waals surface area contributed by atoms with Gasteiger partial charge in [-0.3, -0.25) is 0 Å². The van der Waals surface area contributed by atoms with Gasteiger partial charge in [-0.1, -0.05) is 18.2 Å². The van der Waals surface area contributed by atoms with E-state index in [9.17, 15) is 0 Å². The topological polar surface area (TPSA) is 23.5 Å². The molecule has 0 unspecified atom stereocenters. The maximum Gasteiger partial charge on any atom is 0.0681 e. The summed E-state index contributed by atoms with van der Waals surface area (Å²) in [6.45, 7) is 1.12. The molecule has 1 saturated carbocycles. The quantitative estimate of drug-likeness (QED) is 0.889. The van der Waals surface area contributed by atoms with Gasteiger partial charge in [0.2, 0.25) is 0 Å². The number of hydrogen-bond donors (Lipinski definition) is 1. The summed E-state index contributed by atoms with van der Waals surface area (Å²) in [6, 6.07) is 13.3. The molecular formula is C15H17NOS. The molecule has 94 valence electrons. The normalized spacial score (nSPS) is 14.7. The van der Waals surface area contributed by atoms with Gasteiger partial charge in [-0.25, -0.2) is 0 Å². The predicted molar refractivity (Wildman–Crippen MR) is 75.9 cm³/mol. The van der Waals surface area contributed by atoms with Crippen molar-refractivity contribution in [3.8, 4) is 0 Å². The molecule has 1 aromatic heterocycles. The number of thiophene rings is 1. The lowest BCUT2D eigenvalue weighted by Crippen LogP contribution is -2.24. The molecule has 1 aromatic carbocycles. The highest BCUT2D eigenvalue weighted by atomic mass is 32.1. The fourth-order valence-electron chi connectivity index (χ4n) is 2.18. The minimum absolute atomic E-state index is 0.120. The van der Waals surface area contributed by atoms with E-state index in [-0.39, 0.29) is 6.61 Å². The number of aliphatic hydroxyl groups excluding tert-OH is 1. The van der Waals surface area contributed by atoms with Crippen molar-refractivity contribution in [2.24, 2.45) is 0 Å². The highest BCUT2D eigenvalue weighted by molar-refractivity contribution is 7.09. The number of nitrogens with zero attached hydrogens (tertiary/aromatic N) is 1. The van der Waals surface area contributed by atoms with E-state index in [0.29, 0.717) is 6.04 Å². The average molecular weight is 259 g/mol. The lowest BCUT2D eigenvalue weighted by atomic mass is 10.2. The fourth-order valence-corrected chi connectivity index (χ4v) is 2.88. The smallest absolute Gasteiger partial charge is 0.0681 e. The van der Waals surface area contributed by atoms with E-state index >= 15 is 0 Å². The molecule has 0 saturated heterocycles. The monoisotopic (exact) mass is 259 g/mol. The van der Waals surface area contributed by atoms with Gasteiger partial charge in [-0.05, 0) is 42.0 Å². The van der Waals surface area contributed by atoms with Crippen molar-refractivity contribution in [2.75, 3.05) is 4.90 Å². The molecule has 0 aliphatic heterocycles. The van der Waals surface area contributed by atoms with Crippen LogP contribution < -0.4 is 4.90 Å². The van der Waals surface area contributed by atoms with Crippen molar-refractivity contribution < 1.29 is 5.11 Å². The molecule has 2 nitrogen and oxygen atoms in total. The summed E-state index contributed by atoms with van der Waals surface area (Å²) >= 11 is 1.82. The van der Waals surface area contributed by atoms with Gasteiger partial charge >= 0.3 is 0 Å². The molecule has 0 radical (unpaired) electrons. The average Bonchev–Trinajstić information content (AvgIpc) is 3.13. The second-order valence-corrected chi connectivity index (χ2v) is 5.80. The summed E-state index contributed by atoms with van der Waals surface area (Å²) in [4.78, 5) is 3.89. The zero-order valence-electron chi connectivity index (χ0n) is 10.2. The number of hydrogen-bond acceptors (Lipinski definition) is 3. The first-order valence-electron chi connectivity index (χ1n) is 6.35. The molecule has 1 aliphatic rings. The molecule has 1 aliphatic carbocycles. The summed E-state index contributed by atoms with van der Waals surface area (Å²) < 4.78 is 0. The van der Waals surface area contributed by atoms with E-state index in [0.717, 1.165) is 12.1 Å². The van der Waals surface area contributed by atoms with Crippen LogP contribution in [-0.4, -0.2) is 11.1 Å². The molecule has 0 amide bonds. The molecular weight excluding hydrogens is 242 g/mol. The van der Waals surface area contributed by atoms with Crippen LogP contribution >= 0.6 is 11.3 Å². The molecule has 3 heteroatoms. The van der Waals surface area contributed by atoms with E-state index in [1.165, 1.54) is 23.4 Å². The van der Waals surface area contributed by atoms with Gasteiger partial charge in [0.15, 0.2) is 0 Å². The Labute approximate surface area is 112 Å². The summed E-state index contributed by atoms with van der Waals surface area (Å²) in [6.07, 6.45) is 2.60. The Balaban J connectivity index is 1.80. The molecule has 18 heavy (non-hydrogen) atoms. The third-order valence-electron chi connectivity index (χ3n) is 3.34. The van der Waals surface area contributed by atoms with Crippen LogP contribution in [0.4, 0.5) is 5.69 Å². The van der Waals surface area contributed by atoms with E-state index in [1.807, 2.05) is 23.5 Å². The molecule has 1 fully saturated rings. The first-order chi connectivity index (χ1) is 8.86. The largest absolute Gasteiger partial charge is 0.392 e. The van der Waals surface area contributed by atoms with Crippen LogP contribution in [0, 0.1) is 0 Å². The van der Waals surface area contributed by atoms with Gasteiger partial charge < -0.3 is 10.0 Å². The second kappa shape index (κ2) is 5.12. The molecule has 2 aromatic rings. The van der Waals surface area contributed by atoms with Crippen molar-refractivity contribution in [3.05, 3.63) is 52.2 Å². The van der Waals surface area contributed by atoms with Gasteiger partial charge in [0.05, 0.1) is 13.2 Å². The maximum atomic E-state index is 9.08. The van der Waals surface area contributed by atoms with Crippen molar-refractivity contribution in [1.82, 2.24) is 0 Å². The molecule has 3 rings (SSSR count). The summed E-state index contributed by atoms with van der Waals surface area (Å²) in [7, 11) is 0. The first-order valence-corrected chi connectivity index (χ1v) is 7.23. The molecule has 0 spiro atoms. The lowest BCUT2D eigenvalue weighted by Gasteiger charge is -2.24. The Bertz CT molecular complexity index is 488. The Morgan fingerprint density at radius 3 is 2.50 bits per heavy atom. The number of anilines is 1. The van der Waals surface area contributed by atoms with Crippen molar-refractivity contribution in [3.63, 3.8) is 0 Å². The summed E-state index contributed by atoms with van der Waals surface area (Å²) in [5.74, 6) is 0. The second-order valence-electron chi connectivity index (χ2n) is 4.76. The molecule has 0 atom stereocenters. The van der Waals surface area contributed by atoms with E-state index in [2.05, 4.69) is 34.5 Å². The van der Waals surface area contributed by atoms with Crippen LogP contribution in [-0.2, 0) is 13.2 Å². The van der Waals surface area contributed by atoms with Crippen molar-refractivity contribution >= 4 is 17.0 Å². The van der Waals surface area contributed by atoms with Crippen LogP contribution in [0.1, 0.15) is 23.3 Å². The third kappa shape index (κ3) is 2.57. The predicted octanol–water partition coefficient (Wildman–Crippen LogP) is 3.41. The summed E-state index contributed by atoms with van der Waals surface area (Å²) in [5.41, 5.74) is 2.24. The standard InChI is InChI=1S/C15H17NOS/c17-11-12-3-5-13(6-4-12)16(14-7-8-14)10-15-2-1-9-18-15/h1-6,9,14,17H,7-8,10-11H2. The highest BCUT2D eigenvalue weighted by Gasteiger charge is 2.29. The molecule has 0 bridgehead atoms. The van der Waals surface area contributed by atoms with E-state index in [4.69, 9.17) is 5.11 Å². The number of rotatable bonds is 5. The van der Waals surface area contributed by atoms with Gasteiger partial charge in [-0.2, -0.15) is 0 Å². The minimum Gasteiger partial charge on any atom is -0.392 e. The van der Waals surface area contributed by atoms with E-state index < -0.39 is 0 Å². The van der Waals surface area contributed by atoms with Gasteiger partial charge in [0, 0.05) is 16.6 Å². The number of benzene rings is 1. The van der Waals surface area contributed by atoms with Crippen LogP contribution in [0.2, 0.25) is 0 Å². The lowest BCUT2D eigenvalue weighted by molar-refractivity contribution is 0.282. The number of aliphatic hydroxyl groups is 1. The van der Waals surface area contributed by atoms with Crippen molar-refractivity contribution in [2.45, 2.75) is 32.0 Å². The third-order valence-corrected chi connectivity index (χ3v) is 4.21. The van der Waals surface area contributed by atoms with Crippen LogP contribution in [0.15, 0.2) is 41.8 Å². The zero-order chi connectivity index (χ0) is 12.4. The highest BCUT2D eigenvalue weighted by Crippen LogP contribution is 2.33. The Kier molecular flexibility index (Phi) is 3.35. The fraction of sp³-hybridized carbons (Fsp3) is 0.333. The Hall–Kier alpha value is -1.32. The van der Waals surface area contributed by atoms with Crippen molar-refractivity contribution in [1.29, 1.82) is 0 Å².